The van der Waals surface area contributed by atoms with Crippen molar-refractivity contribution < 1.29 is 31.9 Å². The number of rotatable bonds is 11. The van der Waals surface area contributed by atoms with Crippen LogP contribution in [0.2, 0.25) is 0 Å². The van der Waals surface area contributed by atoms with Gasteiger partial charge in [-0.25, -0.2) is 8.42 Å². The molecule has 0 saturated carbocycles. The van der Waals surface area contributed by atoms with Crippen molar-refractivity contribution in [1.82, 2.24) is 0 Å². The van der Waals surface area contributed by atoms with Crippen molar-refractivity contribution >= 4 is 23.3 Å². The molecular formula is C21H30NO7PS. The third-order valence-electron chi connectivity index (χ3n) is 4.47. The molecule has 8 nitrogen and oxygen atoms in total. The highest BCUT2D eigenvalue weighted by Gasteiger charge is 2.25. The number of anilines is 1. The standard InChI is InChI=1S/C21H30NO7PS/c1-6-28-30(24,29-7-2)14-27-19-10-15(3)20(16(4)11-19)12-17-8-9-18(13-21(17)23)22-31(5,25)26/h8-11,13,22-23H,6-7,12,14H2,1-5H3. The molecular weight excluding hydrogens is 441 g/mol. The summed E-state index contributed by atoms with van der Waals surface area (Å²) in [6.45, 7) is 7.87. The van der Waals surface area contributed by atoms with Crippen molar-refractivity contribution in [3.8, 4) is 11.5 Å². The lowest BCUT2D eigenvalue weighted by Crippen LogP contribution is -2.09. The number of ether oxygens (including phenoxy) is 1. The number of aromatic hydroxyl groups is 1. The van der Waals surface area contributed by atoms with Crippen LogP contribution in [0.25, 0.3) is 0 Å². The second-order valence-electron chi connectivity index (χ2n) is 7.15. The minimum atomic E-state index is -3.42. The Balaban J connectivity index is 2.18. The van der Waals surface area contributed by atoms with E-state index in [2.05, 4.69) is 4.72 Å². The molecule has 2 rings (SSSR count). The van der Waals surface area contributed by atoms with Crippen molar-refractivity contribution in [3.05, 3.63) is 52.6 Å². The van der Waals surface area contributed by atoms with Crippen LogP contribution in [0.15, 0.2) is 30.3 Å². The van der Waals surface area contributed by atoms with Crippen LogP contribution in [-0.4, -0.2) is 39.3 Å². The van der Waals surface area contributed by atoms with E-state index in [4.69, 9.17) is 13.8 Å². The summed E-state index contributed by atoms with van der Waals surface area (Å²) in [5.74, 6) is 0.553. The molecule has 0 radical (unpaired) electrons. The molecule has 10 heteroatoms. The van der Waals surface area contributed by atoms with Crippen LogP contribution in [0, 0.1) is 13.8 Å². The lowest BCUT2D eigenvalue weighted by molar-refractivity contribution is 0.197. The zero-order chi connectivity index (χ0) is 23.2. The Labute approximate surface area is 184 Å². The summed E-state index contributed by atoms with van der Waals surface area (Å²) in [6.07, 6.45) is 1.33. The van der Waals surface area contributed by atoms with Gasteiger partial charge in [-0.3, -0.25) is 9.29 Å². The molecule has 172 valence electrons. The topological polar surface area (TPSA) is 111 Å². The molecule has 0 aliphatic rings. The normalized spacial score (nSPS) is 12.0. The van der Waals surface area contributed by atoms with Crippen molar-refractivity contribution in [1.29, 1.82) is 0 Å². The van der Waals surface area contributed by atoms with Crippen molar-refractivity contribution in [2.45, 2.75) is 34.1 Å². The first-order chi connectivity index (χ1) is 14.5. The molecule has 0 aliphatic carbocycles. The van der Waals surface area contributed by atoms with Gasteiger partial charge in [0.25, 0.3) is 0 Å². The minimum Gasteiger partial charge on any atom is -0.508 e. The quantitative estimate of drug-likeness (QED) is 0.462. The van der Waals surface area contributed by atoms with Crippen LogP contribution >= 0.6 is 7.60 Å². The van der Waals surface area contributed by atoms with Gasteiger partial charge in [0.1, 0.15) is 11.5 Å². The Bertz CT molecular complexity index is 1040. The average Bonchev–Trinajstić information content (AvgIpc) is 2.64. The lowest BCUT2D eigenvalue weighted by Gasteiger charge is -2.19. The van der Waals surface area contributed by atoms with Gasteiger partial charge >= 0.3 is 7.60 Å². The van der Waals surface area contributed by atoms with E-state index >= 15 is 0 Å². The van der Waals surface area contributed by atoms with Crippen molar-refractivity contribution in [2.24, 2.45) is 0 Å². The highest BCUT2D eigenvalue weighted by atomic mass is 32.2. The zero-order valence-electron chi connectivity index (χ0n) is 18.5. The molecule has 0 spiro atoms. The summed E-state index contributed by atoms with van der Waals surface area (Å²) in [7, 11) is -6.73. The number of phenols is 1. The van der Waals surface area contributed by atoms with Gasteiger partial charge in [-0.05, 0) is 68.1 Å². The Morgan fingerprint density at radius 2 is 1.61 bits per heavy atom. The molecule has 0 amide bonds. The number of nitrogens with one attached hydrogen (secondary N) is 1. The van der Waals surface area contributed by atoms with Crippen LogP contribution < -0.4 is 9.46 Å². The average molecular weight is 472 g/mol. The van der Waals surface area contributed by atoms with E-state index in [0.717, 1.165) is 22.9 Å². The predicted octanol–water partition coefficient (Wildman–Crippen LogP) is 4.57. The van der Waals surface area contributed by atoms with E-state index in [1.165, 1.54) is 6.07 Å². The molecule has 2 N–H and O–H groups in total. The smallest absolute Gasteiger partial charge is 0.367 e. The number of hydrogen-bond acceptors (Lipinski definition) is 7. The van der Waals surface area contributed by atoms with Gasteiger partial charge in [-0.2, -0.15) is 0 Å². The fourth-order valence-electron chi connectivity index (χ4n) is 3.16. The number of phenolic OH excluding ortho intramolecular Hbond substituents is 1. The number of benzene rings is 2. The molecule has 31 heavy (non-hydrogen) atoms. The van der Waals surface area contributed by atoms with Crippen molar-refractivity contribution in [3.63, 3.8) is 0 Å². The third kappa shape index (κ3) is 7.54. The highest BCUT2D eigenvalue weighted by molar-refractivity contribution is 7.92. The Morgan fingerprint density at radius 3 is 2.10 bits per heavy atom. The summed E-state index contributed by atoms with van der Waals surface area (Å²) >= 11 is 0. The minimum absolute atomic E-state index is 0.00198. The molecule has 0 fully saturated rings. The fraction of sp³-hybridized carbons (Fsp3) is 0.429. The van der Waals surface area contributed by atoms with Gasteiger partial charge in [-0.15, -0.1) is 0 Å². The third-order valence-corrected chi connectivity index (χ3v) is 6.82. The van der Waals surface area contributed by atoms with E-state index in [0.29, 0.717) is 23.4 Å². The predicted molar refractivity (Wildman–Crippen MR) is 122 cm³/mol. The first-order valence-corrected chi connectivity index (χ1v) is 13.5. The van der Waals surface area contributed by atoms with Crippen molar-refractivity contribution in [2.75, 3.05) is 30.5 Å². The summed E-state index contributed by atoms with van der Waals surface area (Å²) in [5, 5.41) is 10.3. The molecule has 0 unspecified atom stereocenters. The maximum absolute atomic E-state index is 12.6. The van der Waals surface area contributed by atoms with Crippen LogP contribution in [0.3, 0.4) is 0 Å². The number of aryl methyl sites for hydroxylation is 2. The molecule has 2 aromatic carbocycles. The summed E-state index contributed by atoms with van der Waals surface area (Å²) in [6, 6.07) is 8.35. The van der Waals surface area contributed by atoms with E-state index in [1.54, 1.807) is 26.0 Å². The van der Waals surface area contributed by atoms with E-state index in [1.807, 2.05) is 26.0 Å². The van der Waals surface area contributed by atoms with E-state index in [-0.39, 0.29) is 25.3 Å². The maximum atomic E-state index is 12.6. The molecule has 0 bridgehead atoms. The molecule has 0 aromatic heterocycles. The van der Waals surface area contributed by atoms with Gasteiger partial charge in [0.15, 0.2) is 6.35 Å². The second-order valence-corrected chi connectivity index (χ2v) is 10.9. The number of sulfonamides is 1. The monoisotopic (exact) mass is 471 g/mol. The summed E-state index contributed by atoms with van der Waals surface area (Å²) in [5.41, 5.74) is 3.85. The zero-order valence-corrected chi connectivity index (χ0v) is 20.2. The SMILES string of the molecule is CCOP(=O)(COc1cc(C)c(Cc2ccc(NS(C)(=O)=O)cc2O)c(C)c1)OCC. The summed E-state index contributed by atoms with van der Waals surface area (Å²) in [4.78, 5) is 0. The van der Waals surface area contributed by atoms with Gasteiger partial charge < -0.3 is 18.9 Å². The fourth-order valence-corrected chi connectivity index (χ4v) is 5.03. The summed E-state index contributed by atoms with van der Waals surface area (Å²) < 4.78 is 53.8. The first kappa shape index (κ1) is 25.2. The van der Waals surface area contributed by atoms with Crippen LogP contribution in [0.4, 0.5) is 5.69 Å². The van der Waals surface area contributed by atoms with Gasteiger partial charge in [0.05, 0.1) is 25.2 Å². The highest BCUT2D eigenvalue weighted by Crippen LogP contribution is 2.48. The van der Waals surface area contributed by atoms with Gasteiger partial charge in [0, 0.05) is 12.5 Å². The van der Waals surface area contributed by atoms with E-state index < -0.39 is 17.6 Å². The molecule has 0 heterocycles. The number of hydrogen-bond donors (Lipinski definition) is 2. The Hall–Kier alpha value is -2.06. The second kappa shape index (κ2) is 10.5. The van der Waals surface area contributed by atoms with Gasteiger partial charge in [0.2, 0.25) is 10.0 Å². The molecule has 2 aromatic rings. The maximum Gasteiger partial charge on any atom is 0.367 e. The first-order valence-electron chi connectivity index (χ1n) is 9.87. The van der Waals surface area contributed by atoms with Crippen LogP contribution in [-0.2, 0) is 30.1 Å². The Kier molecular flexibility index (Phi) is 8.54. The lowest BCUT2D eigenvalue weighted by atomic mass is 9.95. The van der Waals surface area contributed by atoms with E-state index in [9.17, 15) is 18.1 Å². The molecule has 0 aliphatic heterocycles. The molecule has 0 atom stereocenters. The van der Waals surface area contributed by atoms with Crippen LogP contribution in [0.1, 0.15) is 36.1 Å². The largest absolute Gasteiger partial charge is 0.508 e. The van der Waals surface area contributed by atoms with Gasteiger partial charge in [-0.1, -0.05) is 6.07 Å². The molecule has 0 saturated heterocycles. The van der Waals surface area contributed by atoms with Crippen LogP contribution in [0.5, 0.6) is 11.5 Å². The Morgan fingerprint density at radius 1 is 1.03 bits per heavy atom.